The smallest absolute Gasteiger partial charge is 0.325 e. The van der Waals surface area contributed by atoms with Gasteiger partial charge in [0.1, 0.15) is 5.54 Å². The number of nitrogens with zero attached hydrogens (tertiary/aromatic N) is 2. The lowest BCUT2D eigenvalue weighted by molar-refractivity contribution is -0.133. The molecule has 3 N–H and O–H groups in total. The number of imide groups is 1. The van der Waals surface area contributed by atoms with Gasteiger partial charge in [0.2, 0.25) is 0 Å². The van der Waals surface area contributed by atoms with Crippen LogP contribution in [0.1, 0.15) is 62.1 Å². The number of piperidine rings is 1. The predicted octanol–water partition coefficient (Wildman–Crippen LogP) is 3.35. The van der Waals surface area contributed by atoms with Gasteiger partial charge < -0.3 is 20.9 Å². The van der Waals surface area contributed by atoms with E-state index in [1.807, 2.05) is 30.3 Å². The van der Waals surface area contributed by atoms with E-state index >= 15 is 0 Å². The molecule has 0 bridgehead atoms. The van der Waals surface area contributed by atoms with E-state index < -0.39 is 21.4 Å². The molecule has 0 radical (unpaired) electrons. The van der Waals surface area contributed by atoms with E-state index in [4.69, 9.17) is 0 Å². The summed E-state index contributed by atoms with van der Waals surface area (Å²) in [5, 5.41) is 9.24. The number of rotatable bonds is 9. The number of sulfone groups is 1. The van der Waals surface area contributed by atoms with Crippen LogP contribution in [-0.2, 0) is 21.2 Å². The summed E-state index contributed by atoms with van der Waals surface area (Å²) < 4.78 is 23.5. The van der Waals surface area contributed by atoms with E-state index in [0.29, 0.717) is 31.5 Å². The molecule has 10 nitrogen and oxygen atoms in total. The molecule has 220 valence electrons. The Kier molecular flexibility index (Phi) is 8.65. The number of likely N-dealkylation sites (tertiary alicyclic amines) is 1. The molecule has 2 aliphatic heterocycles. The van der Waals surface area contributed by atoms with Crippen molar-refractivity contribution in [2.24, 2.45) is 0 Å². The Bertz CT molecular complexity index is 1350. The standard InChI is InChI=1S/C30H39N5O5S/c1-41(39,40)25-13-11-22(12-14-25)21-35-27(36)30(33-29(35)38)16-19-34(20-17-30)18-15-26(23-7-3-2-4-8-23)32-28(37)31-24-9-5-6-10-24/h2-4,7-8,11-14,24,26H,5-6,9-10,15-21H2,1H3,(H,33,38)(H2,31,32,37)/t26-/m0/s1. The van der Waals surface area contributed by atoms with Gasteiger partial charge in [-0.05, 0) is 55.4 Å². The third kappa shape index (κ3) is 6.90. The Balaban J connectivity index is 1.15. The minimum atomic E-state index is -3.32. The molecule has 5 rings (SSSR count). The van der Waals surface area contributed by atoms with Crippen LogP contribution >= 0.6 is 0 Å². The molecule has 41 heavy (non-hydrogen) atoms. The van der Waals surface area contributed by atoms with Crippen molar-refractivity contribution >= 4 is 27.8 Å². The van der Waals surface area contributed by atoms with Gasteiger partial charge in [-0.3, -0.25) is 9.69 Å². The molecule has 2 aromatic carbocycles. The number of carbonyl (C=O) groups excluding carboxylic acids is 3. The van der Waals surface area contributed by atoms with Crippen LogP contribution in [0, 0.1) is 0 Å². The van der Waals surface area contributed by atoms with Crippen LogP contribution in [-0.4, -0.2) is 73.7 Å². The highest BCUT2D eigenvalue weighted by atomic mass is 32.2. The molecular weight excluding hydrogens is 542 g/mol. The number of urea groups is 2. The zero-order chi connectivity index (χ0) is 29.0. The molecule has 0 unspecified atom stereocenters. The number of hydrogen-bond acceptors (Lipinski definition) is 6. The van der Waals surface area contributed by atoms with Crippen molar-refractivity contribution < 1.29 is 22.8 Å². The van der Waals surface area contributed by atoms with Crippen molar-refractivity contribution in [1.29, 1.82) is 0 Å². The molecular formula is C30H39N5O5S. The fraction of sp³-hybridized carbons (Fsp3) is 0.500. The van der Waals surface area contributed by atoms with Gasteiger partial charge in [0.05, 0.1) is 17.5 Å². The van der Waals surface area contributed by atoms with E-state index in [1.54, 1.807) is 12.1 Å². The minimum Gasteiger partial charge on any atom is -0.335 e. The highest BCUT2D eigenvalue weighted by Gasteiger charge is 2.52. The molecule has 1 atom stereocenters. The minimum absolute atomic E-state index is 0.0908. The fourth-order valence-corrected chi connectivity index (χ4v) is 6.75. The highest BCUT2D eigenvalue weighted by Crippen LogP contribution is 2.31. The Morgan fingerprint density at radius 1 is 1.02 bits per heavy atom. The summed E-state index contributed by atoms with van der Waals surface area (Å²) in [5.41, 5.74) is 0.825. The second-order valence-corrected chi connectivity index (χ2v) is 13.5. The van der Waals surface area contributed by atoms with Crippen molar-refractivity contribution in [3.05, 3.63) is 65.7 Å². The van der Waals surface area contributed by atoms with E-state index in [1.165, 1.54) is 17.0 Å². The Labute approximate surface area is 241 Å². The number of carbonyl (C=O) groups is 3. The normalized spacial score (nSPS) is 20.3. The van der Waals surface area contributed by atoms with Gasteiger partial charge in [-0.25, -0.2) is 18.0 Å². The molecule has 2 aromatic rings. The van der Waals surface area contributed by atoms with Crippen LogP contribution in [0.25, 0.3) is 0 Å². The second kappa shape index (κ2) is 12.2. The number of benzene rings is 2. The molecule has 1 saturated carbocycles. The molecule has 11 heteroatoms. The zero-order valence-electron chi connectivity index (χ0n) is 23.5. The maximum absolute atomic E-state index is 13.4. The molecule has 1 aliphatic carbocycles. The Morgan fingerprint density at radius 2 is 1.68 bits per heavy atom. The number of hydrogen-bond donors (Lipinski definition) is 3. The lowest BCUT2D eigenvalue weighted by Gasteiger charge is -2.37. The Hall–Kier alpha value is -3.44. The first-order valence-corrected chi connectivity index (χ1v) is 16.3. The van der Waals surface area contributed by atoms with Crippen molar-refractivity contribution in [2.75, 3.05) is 25.9 Å². The van der Waals surface area contributed by atoms with Crippen molar-refractivity contribution in [3.63, 3.8) is 0 Å². The molecule has 5 amide bonds. The van der Waals surface area contributed by atoms with Gasteiger partial charge in [-0.2, -0.15) is 0 Å². The summed E-state index contributed by atoms with van der Waals surface area (Å²) in [6.07, 6.45) is 7.25. The summed E-state index contributed by atoms with van der Waals surface area (Å²) in [4.78, 5) is 42.7. The van der Waals surface area contributed by atoms with Crippen molar-refractivity contribution in [1.82, 2.24) is 25.8 Å². The quantitative estimate of drug-likeness (QED) is 0.390. The SMILES string of the molecule is CS(=O)(=O)c1ccc(CN2C(=O)NC3(CCN(CC[C@H](NC(=O)NC4CCCC4)c4ccccc4)CC3)C2=O)cc1. The lowest BCUT2D eigenvalue weighted by Crippen LogP contribution is -2.55. The molecule has 2 heterocycles. The largest absolute Gasteiger partial charge is 0.335 e. The maximum atomic E-state index is 13.4. The van der Waals surface area contributed by atoms with Crippen LogP contribution in [0.3, 0.4) is 0 Å². The lowest BCUT2D eigenvalue weighted by atomic mass is 9.87. The molecule has 0 aromatic heterocycles. The van der Waals surface area contributed by atoms with Crippen LogP contribution in [0.5, 0.6) is 0 Å². The van der Waals surface area contributed by atoms with Crippen LogP contribution in [0.15, 0.2) is 59.5 Å². The summed E-state index contributed by atoms with van der Waals surface area (Å²) in [7, 11) is -3.32. The first-order valence-electron chi connectivity index (χ1n) is 14.4. The van der Waals surface area contributed by atoms with Crippen LogP contribution in [0.4, 0.5) is 9.59 Å². The maximum Gasteiger partial charge on any atom is 0.325 e. The van der Waals surface area contributed by atoms with Crippen molar-refractivity contribution in [3.8, 4) is 0 Å². The number of amides is 5. The van der Waals surface area contributed by atoms with E-state index in [0.717, 1.165) is 50.5 Å². The average Bonchev–Trinajstić information content (AvgIpc) is 3.54. The van der Waals surface area contributed by atoms with Gasteiger partial charge in [0.15, 0.2) is 9.84 Å². The van der Waals surface area contributed by atoms with E-state index in [2.05, 4.69) is 20.9 Å². The van der Waals surface area contributed by atoms with Gasteiger partial charge in [0.25, 0.3) is 5.91 Å². The second-order valence-electron chi connectivity index (χ2n) is 11.5. The molecule has 3 aliphatic rings. The molecule has 3 fully saturated rings. The summed E-state index contributed by atoms with van der Waals surface area (Å²) in [6.45, 7) is 2.14. The summed E-state index contributed by atoms with van der Waals surface area (Å²) in [5.74, 6) is -0.234. The average molecular weight is 582 g/mol. The first-order chi connectivity index (χ1) is 19.6. The number of nitrogens with one attached hydrogen (secondary N) is 3. The zero-order valence-corrected chi connectivity index (χ0v) is 24.3. The van der Waals surface area contributed by atoms with Crippen LogP contribution in [0.2, 0.25) is 0 Å². The highest BCUT2D eigenvalue weighted by molar-refractivity contribution is 7.90. The van der Waals surface area contributed by atoms with E-state index in [-0.39, 0.29) is 35.5 Å². The van der Waals surface area contributed by atoms with E-state index in [9.17, 15) is 22.8 Å². The predicted molar refractivity (Wildman–Crippen MR) is 155 cm³/mol. The monoisotopic (exact) mass is 581 g/mol. The van der Waals surface area contributed by atoms with Gasteiger partial charge >= 0.3 is 12.1 Å². The van der Waals surface area contributed by atoms with Gasteiger partial charge in [-0.1, -0.05) is 55.3 Å². The third-order valence-electron chi connectivity index (χ3n) is 8.58. The molecule has 1 spiro atoms. The molecule has 2 saturated heterocycles. The van der Waals surface area contributed by atoms with Gasteiger partial charge in [-0.15, -0.1) is 0 Å². The first kappa shape index (κ1) is 29.1. The van der Waals surface area contributed by atoms with Crippen molar-refractivity contribution in [2.45, 2.75) is 74.0 Å². The van der Waals surface area contributed by atoms with Gasteiger partial charge in [0, 0.05) is 31.9 Å². The van der Waals surface area contributed by atoms with Crippen LogP contribution < -0.4 is 16.0 Å². The summed E-state index contributed by atoms with van der Waals surface area (Å²) >= 11 is 0. The Morgan fingerprint density at radius 3 is 2.32 bits per heavy atom. The fourth-order valence-electron chi connectivity index (χ4n) is 6.12. The summed E-state index contributed by atoms with van der Waals surface area (Å²) in [6, 6.07) is 15.8. The topological polar surface area (TPSA) is 128 Å². The third-order valence-corrected chi connectivity index (χ3v) is 9.71.